The highest BCUT2D eigenvalue weighted by Gasteiger charge is 2.62. The molecule has 0 aromatic rings. The van der Waals surface area contributed by atoms with E-state index in [2.05, 4.69) is 10.4 Å². The zero-order valence-corrected chi connectivity index (χ0v) is 14.4. The van der Waals surface area contributed by atoms with E-state index < -0.39 is 40.9 Å². The van der Waals surface area contributed by atoms with Gasteiger partial charge in [-0.25, -0.2) is 14.9 Å². The summed E-state index contributed by atoms with van der Waals surface area (Å²) in [6.07, 6.45) is -1.03. The number of hydrogen-bond acceptors (Lipinski definition) is 7. The number of carbonyl (C=O) groups excluding carboxylic acids is 1. The number of nitrogens with two attached hydrogens (primary N) is 1. The SMILES string of the molecule is CN/C(=N\[N+](=O)[O-])C1C(SCCN)=C(C(=O)O)N2C(=O)[C@H]([C@@H](C)O)[C@H]12. The van der Waals surface area contributed by atoms with E-state index in [1.54, 1.807) is 0 Å². The van der Waals surface area contributed by atoms with Crippen molar-refractivity contribution in [3.05, 3.63) is 20.7 Å². The van der Waals surface area contributed by atoms with Gasteiger partial charge in [0.25, 0.3) is 0 Å². The van der Waals surface area contributed by atoms with Crippen LogP contribution in [0.2, 0.25) is 0 Å². The van der Waals surface area contributed by atoms with Crippen LogP contribution in [0.25, 0.3) is 0 Å². The minimum atomic E-state index is -1.32. The molecule has 0 aromatic heterocycles. The Hall–Kier alpha value is -2.18. The number of fused-ring (bicyclic) bond motifs is 1. The van der Waals surface area contributed by atoms with Crippen LogP contribution >= 0.6 is 11.8 Å². The molecular formula is C13H19N5O6S. The van der Waals surface area contributed by atoms with Gasteiger partial charge in [-0.1, -0.05) is 0 Å². The monoisotopic (exact) mass is 373 g/mol. The molecule has 2 rings (SSSR count). The summed E-state index contributed by atoms with van der Waals surface area (Å²) in [6, 6.07) is -0.745. The first kappa shape index (κ1) is 19.1. The van der Waals surface area contributed by atoms with Crippen LogP contribution in [0, 0.1) is 22.0 Å². The van der Waals surface area contributed by atoms with Crippen LogP contribution in [-0.4, -0.2) is 69.3 Å². The highest BCUT2D eigenvalue weighted by Crippen LogP contribution is 2.50. The average Bonchev–Trinajstić information content (AvgIpc) is 2.80. The molecule has 0 bridgehead atoms. The van der Waals surface area contributed by atoms with Crippen molar-refractivity contribution in [2.45, 2.75) is 19.1 Å². The third-order valence-electron chi connectivity index (χ3n) is 4.12. The molecule has 5 N–H and O–H groups in total. The first-order valence-corrected chi connectivity index (χ1v) is 8.46. The van der Waals surface area contributed by atoms with E-state index in [0.29, 0.717) is 5.75 Å². The molecule has 138 valence electrons. The van der Waals surface area contributed by atoms with Crippen molar-refractivity contribution in [2.75, 3.05) is 19.3 Å². The van der Waals surface area contributed by atoms with Crippen molar-refractivity contribution in [2.24, 2.45) is 22.7 Å². The summed E-state index contributed by atoms with van der Waals surface area (Å²) in [4.78, 5) is 36.2. The summed E-state index contributed by atoms with van der Waals surface area (Å²) in [6.45, 7) is 1.68. The van der Waals surface area contributed by atoms with Gasteiger partial charge in [0.1, 0.15) is 5.70 Å². The average molecular weight is 373 g/mol. The normalized spacial score (nSPS) is 27.0. The number of nitro groups is 1. The van der Waals surface area contributed by atoms with E-state index in [1.807, 2.05) is 0 Å². The Morgan fingerprint density at radius 3 is 2.68 bits per heavy atom. The summed E-state index contributed by atoms with van der Waals surface area (Å²) in [5.41, 5.74) is 5.25. The molecule has 11 nitrogen and oxygen atoms in total. The molecule has 0 aromatic carbocycles. The Kier molecular flexibility index (Phi) is 5.65. The first-order valence-electron chi connectivity index (χ1n) is 7.48. The predicted octanol–water partition coefficient (Wildman–Crippen LogP) is -1.38. The van der Waals surface area contributed by atoms with Gasteiger partial charge < -0.3 is 21.3 Å². The van der Waals surface area contributed by atoms with Crippen molar-refractivity contribution in [1.29, 1.82) is 0 Å². The lowest BCUT2D eigenvalue weighted by Crippen LogP contribution is -2.65. The molecule has 2 heterocycles. The number of carboxylic acids is 1. The number of amides is 1. The number of thioether (sulfide) groups is 1. The second kappa shape index (κ2) is 7.37. The van der Waals surface area contributed by atoms with Crippen molar-refractivity contribution in [3.63, 3.8) is 0 Å². The summed E-state index contributed by atoms with van der Waals surface area (Å²) < 4.78 is 0. The highest BCUT2D eigenvalue weighted by atomic mass is 32.2. The van der Waals surface area contributed by atoms with E-state index in [4.69, 9.17) is 5.73 Å². The van der Waals surface area contributed by atoms with Crippen LogP contribution in [0.15, 0.2) is 15.7 Å². The largest absolute Gasteiger partial charge is 0.477 e. The molecule has 4 atom stereocenters. The maximum atomic E-state index is 12.3. The Morgan fingerprint density at radius 1 is 1.60 bits per heavy atom. The Labute approximate surface area is 147 Å². The molecule has 1 amide bonds. The van der Waals surface area contributed by atoms with E-state index in [9.17, 15) is 29.9 Å². The molecule has 0 radical (unpaired) electrons. The van der Waals surface area contributed by atoms with Crippen LogP contribution in [0.1, 0.15) is 6.92 Å². The van der Waals surface area contributed by atoms with Gasteiger partial charge in [-0.05, 0) is 6.92 Å². The van der Waals surface area contributed by atoms with Gasteiger partial charge in [-0.2, -0.15) is 0 Å². The van der Waals surface area contributed by atoms with Gasteiger partial charge in [0.05, 0.1) is 29.1 Å². The topological polar surface area (TPSA) is 171 Å². The first-order chi connectivity index (χ1) is 11.8. The molecule has 25 heavy (non-hydrogen) atoms. The van der Waals surface area contributed by atoms with Crippen molar-refractivity contribution in [3.8, 4) is 0 Å². The summed E-state index contributed by atoms with van der Waals surface area (Å²) >= 11 is 1.12. The van der Waals surface area contributed by atoms with E-state index in [-0.39, 0.29) is 23.0 Å². The lowest BCUT2D eigenvalue weighted by molar-refractivity contribution is -0.485. The number of aliphatic carboxylic acids is 1. The molecule has 2 aliphatic rings. The number of aliphatic hydroxyl groups excluding tert-OH is 1. The lowest BCUT2D eigenvalue weighted by atomic mass is 9.78. The number of nitrogens with zero attached hydrogens (tertiary/aromatic N) is 3. The molecule has 2 aliphatic heterocycles. The standard InChI is InChI=1S/C13H19N5O6S/c1-5(19)6-8-7(11(15-2)16-18(23)24)10(25-4-3-14)9(13(21)22)17(8)12(6)20/h5-8,19H,3-4,14H2,1-2H3,(H,15,16)(H,21,22)/t5-,6-,7?,8-/m1/s1. The predicted molar refractivity (Wildman–Crippen MR) is 89.0 cm³/mol. The van der Waals surface area contributed by atoms with Gasteiger partial charge in [0.15, 0.2) is 10.9 Å². The van der Waals surface area contributed by atoms with Crippen LogP contribution in [0.5, 0.6) is 0 Å². The summed E-state index contributed by atoms with van der Waals surface area (Å²) in [7, 11) is 1.43. The Balaban J connectivity index is 2.58. The number of carboxylic acid groups (broad SMARTS) is 1. The van der Waals surface area contributed by atoms with Crippen LogP contribution in [0.3, 0.4) is 0 Å². The van der Waals surface area contributed by atoms with E-state index in [1.165, 1.54) is 14.0 Å². The number of amidine groups is 1. The summed E-state index contributed by atoms with van der Waals surface area (Å²) in [5, 5.41) is 35.3. The van der Waals surface area contributed by atoms with Crippen LogP contribution in [-0.2, 0) is 9.59 Å². The van der Waals surface area contributed by atoms with Gasteiger partial charge in [-0.15, -0.1) is 11.8 Å². The fraction of sp³-hybridized carbons (Fsp3) is 0.615. The molecule has 0 saturated carbocycles. The minimum Gasteiger partial charge on any atom is -0.477 e. The Morgan fingerprint density at radius 2 is 2.24 bits per heavy atom. The fourth-order valence-corrected chi connectivity index (χ4v) is 4.33. The third-order valence-corrected chi connectivity index (χ3v) is 5.32. The van der Waals surface area contributed by atoms with Crippen molar-refractivity contribution in [1.82, 2.24) is 10.2 Å². The zero-order chi connectivity index (χ0) is 18.9. The molecule has 12 heteroatoms. The quantitative estimate of drug-likeness (QED) is 0.138. The number of β-lactam (4-membered cyclic amide) rings is 1. The molecule has 0 spiro atoms. The van der Waals surface area contributed by atoms with Gasteiger partial charge in [0, 0.05) is 24.3 Å². The molecule has 0 aliphatic carbocycles. The second-order valence-electron chi connectivity index (χ2n) is 5.57. The summed E-state index contributed by atoms with van der Waals surface area (Å²) in [5.74, 6) is -3.25. The second-order valence-corrected chi connectivity index (χ2v) is 6.71. The lowest BCUT2D eigenvalue weighted by Gasteiger charge is -2.46. The van der Waals surface area contributed by atoms with Crippen LogP contribution in [0.4, 0.5) is 0 Å². The zero-order valence-electron chi connectivity index (χ0n) is 13.6. The molecule has 1 unspecified atom stereocenters. The maximum Gasteiger partial charge on any atom is 0.353 e. The number of carbonyl (C=O) groups is 2. The smallest absolute Gasteiger partial charge is 0.353 e. The molecule has 1 saturated heterocycles. The van der Waals surface area contributed by atoms with Crippen LogP contribution < -0.4 is 11.1 Å². The van der Waals surface area contributed by atoms with Gasteiger partial charge in [0.2, 0.25) is 5.91 Å². The number of aliphatic hydroxyl groups is 1. The van der Waals surface area contributed by atoms with E-state index >= 15 is 0 Å². The maximum absolute atomic E-state index is 12.3. The van der Waals surface area contributed by atoms with Gasteiger partial charge in [-0.3, -0.25) is 9.69 Å². The number of nitrogens with one attached hydrogen (secondary N) is 1. The highest BCUT2D eigenvalue weighted by molar-refractivity contribution is 8.03. The number of hydrogen-bond donors (Lipinski definition) is 4. The molecule has 1 fully saturated rings. The van der Waals surface area contributed by atoms with Crippen molar-refractivity contribution >= 4 is 29.5 Å². The van der Waals surface area contributed by atoms with E-state index in [0.717, 1.165) is 16.7 Å². The third kappa shape index (κ3) is 3.19. The number of hydrazone groups is 1. The van der Waals surface area contributed by atoms with Crippen molar-refractivity contribution < 1.29 is 24.8 Å². The number of rotatable bonds is 7. The van der Waals surface area contributed by atoms with Gasteiger partial charge >= 0.3 is 5.97 Å². The minimum absolute atomic E-state index is 0.0751. The Bertz CT molecular complexity index is 663. The fourth-order valence-electron chi connectivity index (χ4n) is 3.24. The molecular weight excluding hydrogens is 354 g/mol.